The third-order valence-electron chi connectivity index (χ3n) is 5.51. The van der Waals surface area contributed by atoms with Gasteiger partial charge in [-0.25, -0.2) is 9.07 Å². The van der Waals surface area contributed by atoms with Crippen LogP contribution >= 0.6 is 35.0 Å². The Bertz CT molecular complexity index is 1420. The average Bonchev–Trinajstić information content (AvgIpc) is 3.25. The summed E-state index contributed by atoms with van der Waals surface area (Å²) < 4.78 is 15.1. The standard InChI is InChI=1S/C26H19Cl2FN4OS/c27-18-6-9-23(22(28)12-18)33-25-17(11-16-4-7-19(29)8-5-16)14-35-15-21(25)24(32-33)26(34)31-13-20-3-1-2-10-30-20/h1-12H,13-15H2,(H,31,34)/b17-11+. The molecule has 5 nitrogen and oxygen atoms in total. The van der Waals surface area contributed by atoms with Gasteiger partial charge in [-0.05, 0) is 59.7 Å². The number of benzene rings is 2. The second-order valence-corrected chi connectivity index (χ2v) is 9.73. The van der Waals surface area contributed by atoms with E-state index in [0.29, 0.717) is 32.9 Å². The summed E-state index contributed by atoms with van der Waals surface area (Å²) in [6.45, 7) is 0.286. The van der Waals surface area contributed by atoms with Crippen LogP contribution in [0.1, 0.15) is 33.0 Å². The van der Waals surface area contributed by atoms with Gasteiger partial charge in [0, 0.05) is 28.3 Å². The van der Waals surface area contributed by atoms with E-state index in [0.717, 1.165) is 28.1 Å². The fourth-order valence-corrected chi connectivity index (χ4v) is 5.39. The van der Waals surface area contributed by atoms with Gasteiger partial charge >= 0.3 is 0 Å². The normalized spacial score (nSPS) is 14.1. The molecule has 0 spiro atoms. The van der Waals surface area contributed by atoms with E-state index >= 15 is 0 Å². The molecule has 0 bridgehead atoms. The molecular weight excluding hydrogens is 506 g/mol. The number of rotatable bonds is 5. The van der Waals surface area contributed by atoms with Crippen LogP contribution in [0.15, 0.2) is 66.9 Å². The third kappa shape index (κ3) is 5.12. The van der Waals surface area contributed by atoms with Crippen LogP contribution in [0.25, 0.3) is 17.3 Å². The fourth-order valence-electron chi connectivity index (χ4n) is 3.89. The number of fused-ring (bicyclic) bond motifs is 1. The zero-order valence-electron chi connectivity index (χ0n) is 18.3. The number of carbonyl (C=O) groups excluding carboxylic acids is 1. The second kappa shape index (κ2) is 10.2. The highest BCUT2D eigenvalue weighted by atomic mass is 35.5. The highest BCUT2D eigenvalue weighted by Gasteiger charge is 2.29. The Morgan fingerprint density at radius 3 is 2.69 bits per heavy atom. The Balaban J connectivity index is 1.60. The van der Waals surface area contributed by atoms with Gasteiger partial charge < -0.3 is 5.32 Å². The summed E-state index contributed by atoms with van der Waals surface area (Å²) in [4.78, 5) is 17.5. The lowest BCUT2D eigenvalue weighted by molar-refractivity contribution is 0.0944. The minimum atomic E-state index is -0.296. The second-order valence-electron chi connectivity index (χ2n) is 7.90. The minimum absolute atomic E-state index is 0.286. The van der Waals surface area contributed by atoms with Crippen molar-refractivity contribution in [2.75, 3.05) is 5.75 Å². The molecule has 3 heterocycles. The third-order valence-corrected chi connectivity index (χ3v) is 7.06. The SMILES string of the molecule is O=C(NCc1ccccn1)c1nn(-c2ccc(Cl)cc2Cl)c2c1CSC/C2=C\c1ccc(F)cc1. The molecule has 35 heavy (non-hydrogen) atoms. The van der Waals surface area contributed by atoms with E-state index in [9.17, 15) is 9.18 Å². The van der Waals surface area contributed by atoms with E-state index in [1.54, 1.807) is 53.0 Å². The van der Waals surface area contributed by atoms with Crippen LogP contribution < -0.4 is 5.32 Å². The van der Waals surface area contributed by atoms with Gasteiger partial charge in [0.1, 0.15) is 5.82 Å². The highest BCUT2D eigenvalue weighted by molar-refractivity contribution is 7.99. The number of aromatic nitrogens is 3. The van der Waals surface area contributed by atoms with Gasteiger partial charge in [0.2, 0.25) is 0 Å². The fraction of sp³-hybridized carbons (Fsp3) is 0.115. The molecule has 0 radical (unpaired) electrons. The van der Waals surface area contributed by atoms with Crippen molar-refractivity contribution in [2.24, 2.45) is 0 Å². The first kappa shape index (κ1) is 23.6. The zero-order chi connectivity index (χ0) is 24.4. The van der Waals surface area contributed by atoms with Crippen molar-refractivity contribution in [1.82, 2.24) is 20.1 Å². The molecule has 0 aliphatic carbocycles. The lowest BCUT2D eigenvalue weighted by Gasteiger charge is -2.19. The number of amides is 1. The molecule has 1 N–H and O–H groups in total. The number of hydrogen-bond donors (Lipinski definition) is 1. The van der Waals surface area contributed by atoms with Crippen molar-refractivity contribution in [3.63, 3.8) is 0 Å². The Kier molecular flexibility index (Phi) is 6.90. The van der Waals surface area contributed by atoms with E-state index in [1.807, 2.05) is 24.3 Å². The van der Waals surface area contributed by atoms with Crippen LogP contribution in [-0.4, -0.2) is 26.4 Å². The number of carbonyl (C=O) groups is 1. The molecule has 0 fully saturated rings. The van der Waals surface area contributed by atoms with Crippen LogP contribution in [0.4, 0.5) is 4.39 Å². The Hall–Kier alpha value is -3.13. The average molecular weight is 525 g/mol. The molecule has 1 aliphatic rings. The van der Waals surface area contributed by atoms with Crippen molar-refractivity contribution in [2.45, 2.75) is 12.3 Å². The largest absolute Gasteiger partial charge is 0.345 e. The van der Waals surface area contributed by atoms with Crippen LogP contribution in [-0.2, 0) is 12.3 Å². The number of thioether (sulfide) groups is 1. The van der Waals surface area contributed by atoms with Crippen molar-refractivity contribution in [1.29, 1.82) is 0 Å². The van der Waals surface area contributed by atoms with Gasteiger partial charge in [0.25, 0.3) is 5.91 Å². The maximum atomic E-state index is 13.4. The van der Waals surface area contributed by atoms with E-state index in [-0.39, 0.29) is 18.3 Å². The Morgan fingerprint density at radius 1 is 1.11 bits per heavy atom. The number of nitrogens with zero attached hydrogens (tertiary/aromatic N) is 3. The maximum Gasteiger partial charge on any atom is 0.272 e. The monoisotopic (exact) mass is 524 g/mol. The summed E-state index contributed by atoms with van der Waals surface area (Å²) >= 11 is 14.4. The van der Waals surface area contributed by atoms with Crippen molar-refractivity contribution in [3.8, 4) is 5.69 Å². The lowest BCUT2D eigenvalue weighted by Crippen LogP contribution is -2.25. The molecule has 1 amide bonds. The predicted octanol–water partition coefficient (Wildman–Crippen LogP) is 6.43. The highest BCUT2D eigenvalue weighted by Crippen LogP contribution is 2.38. The molecule has 176 valence electrons. The zero-order valence-corrected chi connectivity index (χ0v) is 20.7. The number of nitrogens with one attached hydrogen (secondary N) is 1. The lowest BCUT2D eigenvalue weighted by atomic mass is 10.0. The molecule has 5 rings (SSSR count). The summed E-state index contributed by atoms with van der Waals surface area (Å²) in [5, 5.41) is 8.56. The van der Waals surface area contributed by atoms with E-state index in [2.05, 4.69) is 10.3 Å². The van der Waals surface area contributed by atoms with Crippen LogP contribution in [0.2, 0.25) is 10.0 Å². The number of halogens is 3. The Labute approximate surface area is 216 Å². The molecule has 0 atom stereocenters. The molecule has 2 aromatic carbocycles. The first-order chi connectivity index (χ1) is 17.0. The molecule has 1 aliphatic heterocycles. The molecule has 2 aromatic heterocycles. The van der Waals surface area contributed by atoms with Gasteiger partial charge in [-0.15, -0.1) is 0 Å². The van der Waals surface area contributed by atoms with Gasteiger partial charge in [-0.3, -0.25) is 9.78 Å². The molecule has 9 heteroatoms. The van der Waals surface area contributed by atoms with E-state index < -0.39 is 0 Å². The summed E-state index contributed by atoms with van der Waals surface area (Å²) in [7, 11) is 0. The smallest absolute Gasteiger partial charge is 0.272 e. The molecule has 4 aromatic rings. The quantitative estimate of drug-likeness (QED) is 0.326. The van der Waals surface area contributed by atoms with E-state index in [1.165, 1.54) is 12.1 Å². The predicted molar refractivity (Wildman–Crippen MR) is 139 cm³/mol. The van der Waals surface area contributed by atoms with Gasteiger partial charge in [0.05, 0.1) is 28.6 Å². The first-order valence-corrected chi connectivity index (χ1v) is 12.7. The molecule has 0 saturated heterocycles. The van der Waals surface area contributed by atoms with Crippen molar-refractivity contribution in [3.05, 3.63) is 111 Å². The molecule has 0 saturated carbocycles. The van der Waals surface area contributed by atoms with Gasteiger partial charge in [-0.1, -0.05) is 41.4 Å². The van der Waals surface area contributed by atoms with Gasteiger partial charge in [-0.2, -0.15) is 16.9 Å². The summed E-state index contributed by atoms with van der Waals surface area (Å²) in [5.74, 6) is 0.735. The molecule has 0 unspecified atom stereocenters. The van der Waals surface area contributed by atoms with E-state index in [4.69, 9.17) is 28.3 Å². The van der Waals surface area contributed by atoms with Crippen molar-refractivity contribution >= 4 is 52.5 Å². The number of pyridine rings is 1. The van der Waals surface area contributed by atoms with Gasteiger partial charge in [0.15, 0.2) is 5.69 Å². The summed E-state index contributed by atoms with van der Waals surface area (Å²) in [6, 6.07) is 17.0. The topological polar surface area (TPSA) is 59.8 Å². The maximum absolute atomic E-state index is 13.4. The first-order valence-electron chi connectivity index (χ1n) is 10.8. The Morgan fingerprint density at radius 2 is 1.94 bits per heavy atom. The minimum Gasteiger partial charge on any atom is -0.345 e. The van der Waals surface area contributed by atoms with Crippen LogP contribution in [0.5, 0.6) is 0 Å². The van der Waals surface area contributed by atoms with Crippen molar-refractivity contribution < 1.29 is 9.18 Å². The number of hydrogen-bond acceptors (Lipinski definition) is 4. The van der Waals surface area contributed by atoms with Crippen LogP contribution in [0, 0.1) is 5.82 Å². The summed E-state index contributed by atoms with van der Waals surface area (Å²) in [5.41, 5.74) is 5.14. The summed E-state index contributed by atoms with van der Waals surface area (Å²) in [6.07, 6.45) is 3.67. The molecular formula is C26H19Cl2FN4OS. The van der Waals surface area contributed by atoms with Crippen LogP contribution in [0.3, 0.4) is 0 Å².